The summed E-state index contributed by atoms with van der Waals surface area (Å²) in [6, 6.07) is 17.8. The van der Waals surface area contributed by atoms with E-state index in [1.54, 1.807) is 18.3 Å². The average Bonchev–Trinajstić information content (AvgIpc) is 2.49. The molecule has 0 radical (unpaired) electrons. The monoisotopic (exact) mass is 265 g/mol. The van der Waals surface area contributed by atoms with Crippen molar-refractivity contribution in [1.82, 2.24) is 9.97 Å². The molecule has 0 unspecified atom stereocenters. The number of halogens is 1. The summed E-state index contributed by atoms with van der Waals surface area (Å²) in [5.74, 6) is 0.205. The van der Waals surface area contributed by atoms with E-state index in [0.29, 0.717) is 11.6 Å². The van der Waals surface area contributed by atoms with Gasteiger partial charge in [-0.05, 0) is 30.3 Å². The fraction of sp³-hybridized carbons (Fsp3) is 0. The van der Waals surface area contributed by atoms with Gasteiger partial charge in [0.15, 0.2) is 0 Å². The summed E-state index contributed by atoms with van der Waals surface area (Å²) in [5.41, 5.74) is 2.31. The summed E-state index contributed by atoms with van der Waals surface area (Å²) < 4.78 is 13.2. The number of nitrogens with zero attached hydrogens (tertiary/aromatic N) is 2. The van der Waals surface area contributed by atoms with Gasteiger partial charge in [-0.25, -0.2) is 14.4 Å². The molecule has 3 rings (SSSR count). The Hall–Kier alpha value is -2.75. The van der Waals surface area contributed by atoms with Crippen LogP contribution in [0.2, 0.25) is 0 Å². The van der Waals surface area contributed by atoms with Crippen molar-refractivity contribution in [3.63, 3.8) is 0 Å². The van der Waals surface area contributed by atoms with Crippen molar-refractivity contribution in [2.24, 2.45) is 0 Å². The van der Waals surface area contributed by atoms with Crippen LogP contribution in [0.25, 0.3) is 11.3 Å². The van der Waals surface area contributed by atoms with Crippen LogP contribution in [-0.2, 0) is 0 Å². The molecule has 4 heteroatoms. The summed E-state index contributed by atoms with van der Waals surface area (Å²) >= 11 is 0. The highest BCUT2D eigenvalue weighted by atomic mass is 19.1. The minimum atomic E-state index is -0.279. The fourth-order valence-electron chi connectivity index (χ4n) is 1.88. The van der Waals surface area contributed by atoms with Gasteiger partial charge in [0.05, 0.1) is 5.69 Å². The van der Waals surface area contributed by atoms with Crippen LogP contribution in [0, 0.1) is 5.82 Å². The number of rotatable bonds is 3. The number of hydrogen-bond acceptors (Lipinski definition) is 3. The zero-order valence-electron chi connectivity index (χ0n) is 10.6. The second-order valence-corrected chi connectivity index (χ2v) is 4.27. The Morgan fingerprint density at radius 1 is 0.900 bits per heavy atom. The molecule has 1 aromatic heterocycles. The summed E-state index contributed by atoms with van der Waals surface area (Å²) in [5, 5.41) is 3.11. The van der Waals surface area contributed by atoms with Gasteiger partial charge >= 0.3 is 0 Å². The number of benzene rings is 2. The van der Waals surface area contributed by atoms with Gasteiger partial charge < -0.3 is 5.32 Å². The smallest absolute Gasteiger partial charge is 0.227 e. The molecule has 0 atom stereocenters. The molecule has 2 aromatic carbocycles. The van der Waals surface area contributed by atoms with E-state index >= 15 is 0 Å². The Morgan fingerprint density at radius 3 is 2.55 bits per heavy atom. The van der Waals surface area contributed by atoms with Crippen LogP contribution in [0.3, 0.4) is 0 Å². The fourth-order valence-corrected chi connectivity index (χ4v) is 1.88. The lowest BCUT2D eigenvalue weighted by Gasteiger charge is -2.06. The Bertz CT molecular complexity index is 714. The van der Waals surface area contributed by atoms with Crippen molar-refractivity contribution >= 4 is 11.6 Å². The highest BCUT2D eigenvalue weighted by molar-refractivity contribution is 5.61. The second-order valence-electron chi connectivity index (χ2n) is 4.27. The summed E-state index contributed by atoms with van der Waals surface area (Å²) in [6.07, 6.45) is 1.65. The summed E-state index contributed by atoms with van der Waals surface area (Å²) in [4.78, 5) is 8.56. The molecular weight excluding hydrogens is 253 g/mol. The molecule has 98 valence electrons. The van der Waals surface area contributed by atoms with Crippen LogP contribution >= 0.6 is 0 Å². The Kier molecular flexibility index (Phi) is 3.37. The number of anilines is 2. The first-order chi connectivity index (χ1) is 9.81. The SMILES string of the molecule is Fc1cccc(-c2ccnc(Nc3ccccc3)n2)c1. The molecule has 0 spiro atoms. The van der Waals surface area contributed by atoms with Gasteiger partial charge in [0.25, 0.3) is 0 Å². The lowest BCUT2D eigenvalue weighted by atomic mass is 10.1. The highest BCUT2D eigenvalue weighted by Gasteiger charge is 2.03. The molecule has 1 heterocycles. The third-order valence-electron chi connectivity index (χ3n) is 2.81. The van der Waals surface area contributed by atoms with E-state index in [-0.39, 0.29) is 5.82 Å². The third-order valence-corrected chi connectivity index (χ3v) is 2.81. The molecule has 0 amide bonds. The number of para-hydroxylation sites is 1. The summed E-state index contributed by atoms with van der Waals surface area (Å²) in [7, 11) is 0. The van der Waals surface area contributed by atoms with Crippen LogP contribution in [0.5, 0.6) is 0 Å². The summed E-state index contributed by atoms with van der Waals surface area (Å²) in [6.45, 7) is 0. The van der Waals surface area contributed by atoms with Gasteiger partial charge in [-0.2, -0.15) is 0 Å². The first-order valence-electron chi connectivity index (χ1n) is 6.22. The maximum Gasteiger partial charge on any atom is 0.227 e. The van der Waals surface area contributed by atoms with Crippen LogP contribution in [0.1, 0.15) is 0 Å². The van der Waals surface area contributed by atoms with Crippen molar-refractivity contribution in [2.75, 3.05) is 5.32 Å². The molecule has 20 heavy (non-hydrogen) atoms. The van der Waals surface area contributed by atoms with Crippen molar-refractivity contribution < 1.29 is 4.39 Å². The molecule has 0 aliphatic heterocycles. The van der Waals surface area contributed by atoms with Crippen molar-refractivity contribution in [2.45, 2.75) is 0 Å². The Balaban J connectivity index is 1.90. The van der Waals surface area contributed by atoms with Crippen LogP contribution in [0.4, 0.5) is 16.0 Å². The van der Waals surface area contributed by atoms with Crippen LogP contribution in [0.15, 0.2) is 66.9 Å². The molecule has 0 saturated heterocycles. The number of aromatic nitrogens is 2. The molecule has 3 aromatic rings. The van der Waals surface area contributed by atoms with E-state index in [4.69, 9.17) is 0 Å². The van der Waals surface area contributed by atoms with Gasteiger partial charge in [-0.15, -0.1) is 0 Å². The standard InChI is InChI=1S/C16H12FN3/c17-13-6-4-5-12(11-13)15-9-10-18-16(20-15)19-14-7-2-1-3-8-14/h1-11H,(H,18,19,20). The largest absolute Gasteiger partial charge is 0.324 e. The zero-order chi connectivity index (χ0) is 13.8. The van der Waals surface area contributed by atoms with Crippen molar-refractivity contribution in [3.05, 3.63) is 72.7 Å². The quantitative estimate of drug-likeness (QED) is 0.777. The van der Waals surface area contributed by atoms with E-state index in [2.05, 4.69) is 15.3 Å². The van der Waals surface area contributed by atoms with Gasteiger partial charge in [-0.1, -0.05) is 30.3 Å². The van der Waals surface area contributed by atoms with E-state index in [9.17, 15) is 4.39 Å². The van der Waals surface area contributed by atoms with Gasteiger partial charge in [0.1, 0.15) is 5.82 Å². The minimum Gasteiger partial charge on any atom is -0.324 e. The maximum atomic E-state index is 13.2. The molecule has 0 bridgehead atoms. The highest BCUT2D eigenvalue weighted by Crippen LogP contribution is 2.19. The molecule has 3 nitrogen and oxygen atoms in total. The molecule has 0 aliphatic carbocycles. The molecule has 0 aliphatic rings. The van der Waals surface area contributed by atoms with Crippen molar-refractivity contribution in [3.8, 4) is 11.3 Å². The van der Waals surface area contributed by atoms with Crippen molar-refractivity contribution in [1.29, 1.82) is 0 Å². The normalized spacial score (nSPS) is 10.2. The Morgan fingerprint density at radius 2 is 1.75 bits per heavy atom. The minimum absolute atomic E-state index is 0.279. The van der Waals surface area contributed by atoms with Gasteiger partial charge in [0.2, 0.25) is 5.95 Å². The van der Waals surface area contributed by atoms with Crippen LogP contribution in [-0.4, -0.2) is 9.97 Å². The molecule has 0 saturated carbocycles. The lowest BCUT2D eigenvalue weighted by Crippen LogP contribution is -1.97. The van der Waals surface area contributed by atoms with E-state index < -0.39 is 0 Å². The first-order valence-corrected chi connectivity index (χ1v) is 6.22. The molecular formula is C16H12FN3. The first kappa shape index (κ1) is 12.3. The van der Waals surface area contributed by atoms with Crippen LogP contribution < -0.4 is 5.32 Å². The Labute approximate surface area is 116 Å². The van der Waals surface area contributed by atoms with E-state index in [0.717, 1.165) is 11.3 Å². The molecule has 0 fully saturated rings. The average molecular weight is 265 g/mol. The number of hydrogen-bond donors (Lipinski definition) is 1. The second kappa shape index (κ2) is 5.48. The predicted octanol–water partition coefficient (Wildman–Crippen LogP) is 4.03. The molecule has 1 N–H and O–H groups in total. The predicted molar refractivity (Wildman–Crippen MR) is 77.2 cm³/mol. The lowest BCUT2D eigenvalue weighted by molar-refractivity contribution is 0.628. The van der Waals surface area contributed by atoms with Gasteiger partial charge in [-0.3, -0.25) is 0 Å². The topological polar surface area (TPSA) is 37.8 Å². The maximum absolute atomic E-state index is 13.2. The zero-order valence-corrected chi connectivity index (χ0v) is 10.6. The van der Waals surface area contributed by atoms with Gasteiger partial charge in [0, 0.05) is 17.4 Å². The van der Waals surface area contributed by atoms with E-state index in [1.165, 1.54) is 12.1 Å². The number of nitrogens with one attached hydrogen (secondary N) is 1. The third kappa shape index (κ3) is 2.80. The van der Waals surface area contributed by atoms with E-state index in [1.807, 2.05) is 36.4 Å².